The van der Waals surface area contributed by atoms with Crippen molar-refractivity contribution in [2.75, 3.05) is 0 Å². The van der Waals surface area contributed by atoms with Gasteiger partial charge in [-0.1, -0.05) is 19.3 Å². The molecule has 1 aliphatic heterocycles. The molecule has 2 fully saturated rings. The zero-order chi connectivity index (χ0) is 14.7. The van der Waals surface area contributed by atoms with Gasteiger partial charge in [0.15, 0.2) is 5.76 Å². The number of fused-ring (bicyclic) bond motifs is 1. The van der Waals surface area contributed by atoms with Gasteiger partial charge in [0.25, 0.3) is 0 Å². The van der Waals surface area contributed by atoms with Gasteiger partial charge in [-0.15, -0.1) is 0 Å². The van der Waals surface area contributed by atoms with Crippen molar-refractivity contribution >= 4 is 11.9 Å². The normalized spacial score (nSPS) is 32.2. The molecule has 0 amide bonds. The minimum absolute atomic E-state index is 0.230. The minimum atomic E-state index is 0.230. The highest BCUT2D eigenvalue weighted by molar-refractivity contribution is 5.99. The van der Waals surface area contributed by atoms with Crippen molar-refractivity contribution < 1.29 is 5.11 Å². The smallest absolute Gasteiger partial charge is 0.153 e. The molecule has 114 valence electrons. The Kier molecular flexibility index (Phi) is 4.42. The van der Waals surface area contributed by atoms with Crippen LogP contribution in [0.2, 0.25) is 0 Å². The van der Waals surface area contributed by atoms with E-state index in [0.717, 1.165) is 36.3 Å². The number of aliphatic imine (C=N–C) groups is 1. The number of hydrogen-bond donors (Lipinski definition) is 3. The SMILES string of the molecule is N=C/C=C1/N=C(CCCCC[C@H]2CCC3CC32)C(O)=CN1. The van der Waals surface area contributed by atoms with Gasteiger partial charge in [0.05, 0.1) is 5.71 Å². The van der Waals surface area contributed by atoms with Crippen LogP contribution in [0.5, 0.6) is 0 Å². The fourth-order valence-corrected chi connectivity index (χ4v) is 3.87. The van der Waals surface area contributed by atoms with Crippen molar-refractivity contribution in [1.82, 2.24) is 5.32 Å². The van der Waals surface area contributed by atoms with Gasteiger partial charge in [-0.3, -0.25) is 0 Å². The first kappa shape index (κ1) is 14.4. The van der Waals surface area contributed by atoms with Crippen molar-refractivity contribution in [2.24, 2.45) is 22.7 Å². The lowest BCUT2D eigenvalue weighted by molar-refractivity contribution is 0.418. The van der Waals surface area contributed by atoms with E-state index in [1.54, 1.807) is 12.3 Å². The van der Waals surface area contributed by atoms with E-state index in [1.807, 2.05) is 0 Å². The monoisotopic (exact) mass is 287 g/mol. The molecule has 21 heavy (non-hydrogen) atoms. The van der Waals surface area contributed by atoms with Crippen molar-refractivity contribution in [3.63, 3.8) is 0 Å². The van der Waals surface area contributed by atoms with Gasteiger partial charge in [0.1, 0.15) is 5.82 Å². The third kappa shape index (κ3) is 3.55. The highest BCUT2D eigenvalue weighted by Crippen LogP contribution is 2.56. The molecule has 0 radical (unpaired) electrons. The van der Waals surface area contributed by atoms with E-state index < -0.39 is 0 Å². The molecule has 3 N–H and O–H groups in total. The Bertz CT molecular complexity index is 492. The van der Waals surface area contributed by atoms with Crippen molar-refractivity contribution in [3.05, 3.63) is 23.9 Å². The maximum absolute atomic E-state index is 9.81. The molecule has 2 aliphatic carbocycles. The quantitative estimate of drug-likeness (QED) is 0.490. The third-order valence-electron chi connectivity index (χ3n) is 5.13. The van der Waals surface area contributed by atoms with E-state index >= 15 is 0 Å². The molecular formula is C17H25N3O. The highest BCUT2D eigenvalue weighted by atomic mass is 16.3. The molecule has 0 aromatic carbocycles. The summed E-state index contributed by atoms with van der Waals surface area (Å²) in [6.07, 6.45) is 14.6. The van der Waals surface area contributed by atoms with Crippen molar-refractivity contribution in [1.29, 1.82) is 5.41 Å². The molecule has 2 saturated carbocycles. The number of rotatable bonds is 7. The van der Waals surface area contributed by atoms with Gasteiger partial charge in [0.2, 0.25) is 0 Å². The van der Waals surface area contributed by atoms with Gasteiger partial charge in [-0.05, 0) is 55.9 Å². The first-order chi connectivity index (χ1) is 10.3. The fourth-order valence-electron chi connectivity index (χ4n) is 3.87. The van der Waals surface area contributed by atoms with E-state index in [-0.39, 0.29) is 5.76 Å². The number of allylic oxidation sites excluding steroid dienone is 2. The van der Waals surface area contributed by atoms with Crippen LogP contribution in [-0.2, 0) is 0 Å². The average Bonchev–Trinajstić information content (AvgIpc) is 3.16. The molecule has 0 saturated heterocycles. The van der Waals surface area contributed by atoms with Gasteiger partial charge in [0, 0.05) is 12.4 Å². The number of hydrogen-bond acceptors (Lipinski definition) is 4. The zero-order valence-corrected chi connectivity index (χ0v) is 12.5. The Labute approximate surface area is 126 Å². The van der Waals surface area contributed by atoms with E-state index in [0.29, 0.717) is 5.82 Å². The van der Waals surface area contributed by atoms with Crippen LogP contribution in [-0.4, -0.2) is 17.0 Å². The second kappa shape index (κ2) is 6.46. The standard InChI is InChI=1S/C17H25N3O/c18-9-8-17-19-11-16(21)15(20-17)5-3-1-2-4-12-6-7-13-10-14(12)13/h8-9,11-14,18-19,21H,1-7,10H2/b17-8+,18-9?/t12-,13?,14?/m0/s1. The summed E-state index contributed by atoms with van der Waals surface area (Å²) >= 11 is 0. The number of nitrogens with zero attached hydrogens (tertiary/aromatic N) is 1. The molecule has 0 aromatic rings. The van der Waals surface area contributed by atoms with Crippen LogP contribution in [0.15, 0.2) is 28.8 Å². The second-order valence-electron chi connectivity index (χ2n) is 6.55. The fraction of sp³-hybridized carbons (Fsp3) is 0.647. The summed E-state index contributed by atoms with van der Waals surface area (Å²) < 4.78 is 0. The summed E-state index contributed by atoms with van der Waals surface area (Å²) in [5.41, 5.74) is 0.741. The Hall–Kier alpha value is -1.58. The summed E-state index contributed by atoms with van der Waals surface area (Å²) in [6.45, 7) is 0. The molecule has 4 heteroatoms. The Morgan fingerprint density at radius 1 is 1.33 bits per heavy atom. The maximum Gasteiger partial charge on any atom is 0.153 e. The highest BCUT2D eigenvalue weighted by Gasteiger charge is 2.47. The largest absolute Gasteiger partial charge is 0.505 e. The minimum Gasteiger partial charge on any atom is -0.505 e. The molecule has 0 bridgehead atoms. The summed E-state index contributed by atoms with van der Waals surface area (Å²) in [4.78, 5) is 4.34. The predicted molar refractivity (Wildman–Crippen MR) is 85.6 cm³/mol. The molecule has 1 heterocycles. The molecule has 3 aliphatic rings. The van der Waals surface area contributed by atoms with Gasteiger partial charge >= 0.3 is 0 Å². The summed E-state index contributed by atoms with van der Waals surface area (Å²) in [7, 11) is 0. The first-order valence-corrected chi connectivity index (χ1v) is 8.22. The van der Waals surface area contributed by atoms with Crippen LogP contribution in [0.3, 0.4) is 0 Å². The van der Waals surface area contributed by atoms with E-state index in [4.69, 9.17) is 5.41 Å². The molecule has 0 spiro atoms. The van der Waals surface area contributed by atoms with Crippen LogP contribution in [0.25, 0.3) is 0 Å². The zero-order valence-electron chi connectivity index (χ0n) is 12.5. The number of aliphatic hydroxyl groups excluding tert-OH is 1. The average molecular weight is 287 g/mol. The lowest BCUT2D eigenvalue weighted by Gasteiger charge is -2.14. The summed E-state index contributed by atoms with van der Waals surface area (Å²) in [6, 6.07) is 0. The van der Waals surface area contributed by atoms with E-state index in [1.165, 1.54) is 44.7 Å². The lowest BCUT2D eigenvalue weighted by atomic mass is 9.95. The van der Waals surface area contributed by atoms with E-state index in [2.05, 4.69) is 10.3 Å². The molecular weight excluding hydrogens is 262 g/mol. The first-order valence-electron chi connectivity index (χ1n) is 8.22. The Balaban J connectivity index is 1.37. The predicted octanol–water partition coefficient (Wildman–Crippen LogP) is 3.92. The number of unbranched alkanes of at least 4 members (excludes halogenated alkanes) is 2. The molecule has 4 nitrogen and oxygen atoms in total. The van der Waals surface area contributed by atoms with Crippen molar-refractivity contribution in [3.8, 4) is 0 Å². The molecule has 3 atom stereocenters. The summed E-state index contributed by atoms with van der Waals surface area (Å²) in [5.74, 6) is 4.05. The third-order valence-corrected chi connectivity index (χ3v) is 5.13. The number of nitrogens with one attached hydrogen (secondary N) is 2. The topological polar surface area (TPSA) is 68.5 Å². The van der Waals surface area contributed by atoms with Gasteiger partial charge in [-0.2, -0.15) is 0 Å². The second-order valence-corrected chi connectivity index (χ2v) is 6.55. The van der Waals surface area contributed by atoms with Crippen LogP contribution in [0.4, 0.5) is 0 Å². The van der Waals surface area contributed by atoms with Crippen LogP contribution >= 0.6 is 0 Å². The van der Waals surface area contributed by atoms with Crippen LogP contribution in [0.1, 0.15) is 51.4 Å². The number of aliphatic hydroxyl groups is 1. The molecule has 3 rings (SSSR count). The lowest BCUT2D eigenvalue weighted by Crippen LogP contribution is -2.17. The molecule has 2 unspecified atom stereocenters. The van der Waals surface area contributed by atoms with Gasteiger partial charge in [-0.25, -0.2) is 4.99 Å². The Morgan fingerprint density at radius 3 is 2.95 bits per heavy atom. The van der Waals surface area contributed by atoms with Crippen LogP contribution in [0, 0.1) is 23.2 Å². The van der Waals surface area contributed by atoms with Gasteiger partial charge < -0.3 is 15.8 Å². The molecule has 0 aromatic heterocycles. The van der Waals surface area contributed by atoms with Crippen molar-refractivity contribution in [2.45, 2.75) is 51.4 Å². The Morgan fingerprint density at radius 2 is 2.24 bits per heavy atom. The maximum atomic E-state index is 9.81. The van der Waals surface area contributed by atoms with E-state index in [9.17, 15) is 5.11 Å². The summed E-state index contributed by atoms with van der Waals surface area (Å²) in [5, 5.41) is 19.7. The van der Waals surface area contributed by atoms with Crippen LogP contribution < -0.4 is 5.32 Å².